The van der Waals surface area contributed by atoms with Crippen LogP contribution in [-0.4, -0.2) is 51.0 Å². The zero-order valence-electron chi connectivity index (χ0n) is 9.78. The van der Waals surface area contributed by atoms with Gasteiger partial charge < -0.3 is 33.3 Å². The van der Waals surface area contributed by atoms with Gasteiger partial charge in [0.25, 0.3) is 0 Å². The minimum Gasteiger partial charge on any atom is -0.481 e. The number of carboxylic acid groups (broad SMARTS) is 2. The average molecular weight is 361 g/mol. The molecule has 0 aliphatic heterocycles. The summed E-state index contributed by atoms with van der Waals surface area (Å²) in [4.78, 5) is 19.2. The Morgan fingerprint density at radius 1 is 1.20 bits per heavy atom. The van der Waals surface area contributed by atoms with Crippen LogP contribution in [0.5, 0.6) is 0 Å². The molecule has 0 spiro atoms. The number of rotatable bonds is 3. The molecule has 20 heavy (non-hydrogen) atoms. The fourth-order valence-corrected chi connectivity index (χ4v) is 0.231. The van der Waals surface area contributed by atoms with Gasteiger partial charge in [0.05, 0.1) is 0 Å². The average Bonchev–Trinajstić information content (AvgIpc) is 2.29. The Bertz CT molecular complexity index is 320. The van der Waals surface area contributed by atoms with Crippen LogP contribution in [-0.2, 0) is 9.59 Å². The number of hydrazine groups is 1. The molecule has 0 aromatic carbocycles. The van der Waals surface area contributed by atoms with Crippen LogP contribution in [0.15, 0.2) is 5.10 Å². The van der Waals surface area contributed by atoms with E-state index in [4.69, 9.17) is 38.7 Å². The van der Waals surface area contributed by atoms with Crippen molar-refractivity contribution in [3.05, 3.63) is 0 Å². The van der Waals surface area contributed by atoms with E-state index in [0.717, 1.165) is 0 Å². The minimum absolute atomic E-state index is 0. The van der Waals surface area contributed by atoms with E-state index in [0.29, 0.717) is 5.01 Å². The molecule has 13 heteroatoms. The zero-order valence-corrected chi connectivity index (χ0v) is 11.4. The zero-order chi connectivity index (χ0) is 16.0. The quantitative estimate of drug-likeness (QED) is 0.0854. The van der Waals surface area contributed by atoms with E-state index in [-0.39, 0.29) is 18.7 Å². The van der Waals surface area contributed by atoms with Crippen LogP contribution in [0.25, 0.3) is 0 Å². The molecule has 0 radical (unpaired) electrons. The van der Waals surface area contributed by atoms with Crippen LogP contribution < -0.4 is 28.9 Å². The van der Waals surface area contributed by atoms with Gasteiger partial charge in [-0.1, -0.05) is 23.4 Å². The SMILES string of the molecule is C.N=C(N)N(N)CC(=O)O.NN=C(N)N.O=C(O)CBr. The Morgan fingerprint density at radius 3 is 1.55 bits per heavy atom. The summed E-state index contributed by atoms with van der Waals surface area (Å²) in [5, 5.41) is 25.9. The third-order valence-corrected chi connectivity index (χ3v) is 1.36. The van der Waals surface area contributed by atoms with Gasteiger partial charge in [-0.2, -0.15) is 0 Å². The standard InChI is InChI=1S/C3H8N4O2.C2H3BrO2.CH6N4.CH4/c4-3(5)7(6)1-2(8)9;3-1-2(4)5;2-1(3)5-4;/h1,6H2,(H3,4,5)(H,8,9);1H2,(H,4,5);4H2,(H4,2,3,5);1H4. The third-order valence-electron chi connectivity index (χ3n) is 0.878. The highest BCUT2D eigenvalue weighted by Gasteiger charge is 2.03. The minimum atomic E-state index is -1.12. The third kappa shape index (κ3) is 36.1. The summed E-state index contributed by atoms with van der Waals surface area (Å²) in [7, 11) is 0. The van der Waals surface area contributed by atoms with Gasteiger partial charge in [-0.3, -0.25) is 20.0 Å². The second-order valence-corrected chi connectivity index (χ2v) is 3.05. The molecule has 0 unspecified atom stereocenters. The molecule has 0 saturated heterocycles. The van der Waals surface area contributed by atoms with Crippen molar-refractivity contribution < 1.29 is 19.8 Å². The number of nitrogens with one attached hydrogen (secondary N) is 1. The van der Waals surface area contributed by atoms with E-state index in [1.165, 1.54) is 0 Å². The molecule has 12 nitrogen and oxygen atoms in total. The number of hydrogen-bond acceptors (Lipinski definition) is 6. The van der Waals surface area contributed by atoms with Gasteiger partial charge in [0, 0.05) is 0 Å². The molecule has 0 aliphatic carbocycles. The van der Waals surface area contributed by atoms with Crippen LogP contribution in [0.3, 0.4) is 0 Å². The molecule has 0 saturated carbocycles. The fourth-order valence-electron chi connectivity index (χ4n) is 0.231. The monoisotopic (exact) mass is 360 g/mol. The van der Waals surface area contributed by atoms with E-state index in [2.05, 4.69) is 26.9 Å². The molecule has 0 bridgehead atoms. The number of nitrogens with zero attached hydrogens (tertiary/aromatic N) is 2. The van der Waals surface area contributed by atoms with E-state index in [9.17, 15) is 9.59 Å². The Hall–Kier alpha value is -2.28. The number of guanidine groups is 2. The number of hydrogen-bond donors (Lipinski definition) is 8. The van der Waals surface area contributed by atoms with Crippen molar-refractivity contribution in [2.24, 2.45) is 34.0 Å². The summed E-state index contributed by atoms with van der Waals surface area (Å²) < 4.78 is 0. The van der Waals surface area contributed by atoms with Crippen molar-refractivity contribution >= 4 is 39.8 Å². The van der Waals surface area contributed by atoms with Gasteiger partial charge in [0.15, 0.2) is 0 Å². The van der Waals surface area contributed by atoms with Gasteiger partial charge in [0.1, 0.15) is 11.9 Å². The topological polar surface area (TPSA) is 244 Å². The second kappa shape index (κ2) is 16.7. The number of alkyl halides is 1. The number of halogens is 1. The molecular weight excluding hydrogens is 340 g/mol. The summed E-state index contributed by atoms with van der Waals surface area (Å²) in [5.74, 6) is 6.93. The summed E-state index contributed by atoms with van der Waals surface area (Å²) in [6, 6.07) is 0. The van der Waals surface area contributed by atoms with Crippen molar-refractivity contribution in [3.63, 3.8) is 0 Å². The van der Waals surface area contributed by atoms with Gasteiger partial charge in [-0.15, -0.1) is 5.10 Å². The predicted molar refractivity (Wildman–Crippen MR) is 78.6 cm³/mol. The smallest absolute Gasteiger partial charge is 0.324 e. The van der Waals surface area contributed by atoms with Crippen molar-refractivity contribution in [2.75, 3.05) is 11.9 Å². The molecule has 0 atom stereocenters. The summed E-state index contributed by atoms with van der Waals surface area (Å²) in [5.41, 5.74) is 14.2. The first-order valence-electron chi connectivity index (χ1n) is 4.23. The maximum atomic E-state index is 9.84. The highest BCUT2D eigenvalue weighted by molar-refractivity contribution is 9.09. The summed E-state index contributed by atoms with van der Waals surface area (Å²) in [6.07, 6.45) is 0. The van der Waals surface area contributed by atoms with Crippen molar-refractivity contribution in [1.82, 2.24) is 5.01 Å². The molecule has 0 aromatic heterocycles. The first-order chi connectivity index (χ1) is 8.58. The fraction of sp³-hybridized carbons (Fsp3) is 0.429. The van der Waals surface area contributed by atoms with Crippen molar-refractivity contribution in [2.45, 2.75) is 7.43 Å². The van der Waals surface area contributed by atoms with Gasteiger partial charge in [0.2, 0.25) is 11.9 Å². The number of hydrazone groups is 1. The number of aliphatic carboxylic acids is 2. The maximum Gasteiger partial charge on any atom is 0.324 e. The van der Waals surface area contributed by atoms with Crippen LogP contribution in [0.4, 0.5) is 0 Å². The van der Waals surface area contributed by atoms with Gasteiger partial charge in [-0.25, -0.2) is 5.84 Å². The summed E-state index contributed by atoms with van der Waals surface area (Å²) in [6.45, 7) is -0.449. The lowest BCUT2D eigenvalue weighted by atomic mass is 10.6. The lowest BCUT2D eigenvalue weighted by molar-refractivity contribution is -0.137. The Kier molecular flexibility index (Phi) is 22.0. The van der Waals surface area contributed by atoms with Crippen LogP contribution in [0.2, 0.25) is 0 Å². The largest absolute Gasteiger partial charge is 0.481 e. The molecule has 13 N–H and O–H groups in total. The van der Waals surface area contributed by atoms with Gasteiger partial charge in [-0.05, 0) is 0 Å². The van der Waals surface area contributed by atoms with E-state index in [1.54, 1.807) is 0 Å². The van der Waals surface area contributed by atoms with Crippen LogP contribution in [0.1, 0.15) is 7.43 Å². The molecule has 0 amide bonds. The Labute approximate surface area is 124 Å². The second-order valence-electron chi connectivity index (χ2n) is 2.49. The van der Waals surface area contributed by atoms with E-state index >= 15 is 0 Å². The predicted octanol–water partition coefficient (Wildman–Crippen LogP) is -2.62. The maximum absolute atomic E-state index is 9.84. The van der Waals surface area contributed by atoms with Gasteiger partial charge >= 0.3 is 11.9 Å². The first-order valence-corrected chi connectivity index (χ1v) is 5.35. The van der Waals surface area contributed by atoms with E-state index < -0.39 is 24.4 Å². The van der Waals surface area contributed by atoms with E-state index in [1.807, 2.05) is 0 Å². The first kappa shape index (κ1) is 26.3. The molecule has 0 rings (SSSR count). The van der Waals surface area contributed by atoms with Crippen molar-refractivity contribution in [1.29, 1.82) is 5.41 Å². The lowest BCUT2D eigenvalue weighted by Crippen LogP contribution is -2.44. The highest BCUT2D eigenvalue weighted by Crippen LogP contribution is 1.73. The number of carbonyl (C=O) groups is 2. The molecule has 0 heterocycles. The normalized spacial score (nSPS) is 7.30. The molecule has 0 aromatic rings. The number of carboxylic acids is 2. The van der Waals surface area contributed by atoms with Crippen LogP contribution >= 0.6 is 15.9 Å². The highest BCUT2D eigenvalue weighted by atomic mass is 79.9. The van der Waals surface area contributed by atoms with Crippen LogP contribution in [0, 0.1) is 5.41 Å². The number of nitrogens with two attached hydrogens (primary N) is 5. The Balaban J connectivity index is -0.000000101. The molecule has 0 aliphatic rings. The summed E-state index contributed by atoms with van der Waals surface area (Å²) >= 11 is 2.71. The molecule has 120 valence electrons. The lowest BCUT2D eigenvalue weighted by Gasteiger charge is -2.11. The molecule has 0 fully saturated rings. The molecular formula is C7H21BrN8O4. The van der Waals surface area contributed by atoms with Crippen molar-refractivity contribution in [3.8, 4) is 0 Å². The Morgan fingerprint density at radius 2 is 1.50 bits per heavy atom.